The summed E-state index contributed by atoms with van der Waals surface area (Å²) >= 11 is 4.13. The SMILES string of the molecule is CC.CCC.CCN(CNCCCNC1=CCCC=C1C)N1CCCC1.Cc1ccc(S)cc1. The van der Waals surface area contributed by atoms with Crippen LogP contribution < -0.4 is 10.6 Å². The molecule has 0 amide bonds. The molecular formula is C29H54N4S. The second-order valence-corrected chi connectivity index (χ2v) is 9.06. The second kappa shape index (κ2) is 22.2. The molecule has 34 heavy (non-hydrogen) atoms. The summed E-state index contributed by atoms with van der Waals surface area (Å²) in [5.41, 5.74) is 4.02. The summed E-state index contributed by atoms with van der Waals surface area (Å²) in [7, 11) is 0. The van der Waals surface area contributed by atoms with Crippen LogP contribution in [-0.4, -0.2) is 49.4 Å². The van der Waals surface area contributed by atoms with Crippen molar-refractivity contribution in [2.75, 3.05) is 39.4 Å². The maximum atomic E-state index is 4.13. The fourth-order valence-electron chi connectivity index (χ4n) is 3.59. The van der Waals surface area contributed by atoms with Crippen molar-refractivity contribution in [1.29, 1.82) is 0 Å². The van der Waals surface area contributed by atoms with E-state index < -0.39 is 0 Å². The van der Waals surface area contributed by atoms with E-state index in [4.69, 9.17) is 0 Å². The van der Waals surface area contributed by atoms with Gasteiger partial charge in [-0.15, -0.1) is 12.6 Å². The highest BCUT2D eigenvalue weighted by Gasteiger charge is 2.17. The van der Waals surface area contributed by atoms with E-state index >= 15 is 0 Å². The molecule has 0 radical (unpaired) electrons. The van der Waals surface area contributed by atoms with Crippen LogP contribution in [0.2, 0.25) is 0 Å². The first-order valence-corrected chi connectivity index (χ1v) is 14.0. The molecule has 2 aliphatic rings. The smallest absolute Gasteiger partial charge is 0.0623 e. The van der Waals surface area contributed by atoms with Gasteiger partial charge in [-0.3, -0.25) is 0 Å². The maximum absolute atomic E-state index is 4.13. The van der Waals surface area contributed by atoms with Crippen molar-refractivity contribution in [2.24, 2.45) is 0 Å². The molecule has 1 saturated heterocycles. The minimum Gasteiger partial charge on any atom is -0.385 e. The first-order valence-electron chi connectivity index (χ1n) is 13.6. The Bertz CT molecular complexity index is 628. The van der Waals surface area contributed by atoms with E-state index in [-0.39, 0.29) is 0 Å². The van der Waals surface area contributed by atoms with Crippen LogP contribution >= 0.6 is 12.6 Å². The lowest BCUT2D eigenvalue weighted by Crippen LogP contribution is -2.46. The molecule has 1 aliphatic heterocycles. The van der Waals surface area contributed by atoms with Crippen LogP contribution in [0.1, 0.15) is 85.6 Å². The van der Waals surface area contributed by atoms with Crippen molar-refractivity contribution in [1.82, 2.24) is 20.7 Å². The van der Waals surface area contributed by atoms with Crippen LogP contribution in [0.15, 0.2) is 52.6 Å². The summed E-state index contributed by atoms with van der Waals surface area (Å²) in [6.07, 6.45) is 12.2. The lowest BCUT2D eigenvalue weighted by molar-refractivity contribution is -0.00534. The zero-order valence-electron chi connectivity index (χ0n) is 23.3. The molecule has 0 spiro atoms. The molecule has 0 saturated carbocycles. The minimum atomic E-state index is 0.984. The van der Waals surface area contributed by atoms with E-state index in [0.29, 0.717) is 0 Å². The third-order valence-electron chi connectivity index (χ3n) is 5.41. The molecule has 1 aliphatic carbocycles. The second-order valence-electron chi connectivity index (χ2n) is 8.55. The Hall–Kier alpha value is -1.27. The number of aryl methyl sites for hydroxylation is 1. The van der Waals surface area contributed by atoms with Crippen LogP contribution in [0.3, 0.4) is 0 Å². The number of nitrogens with zero attached hydrogens (tertiary/aromatic N) is 2. The van der Waals surface area contributed by atoms with E-state index in [1.165, 1.54) is 68.4 Å². The third kappa shape index (κ3) is 15.6. The number of thiol groups is 1. The van der Waals surface area contributed by atoms with E-state index in [1.807, 2.05) is 38.1 Å². The summed E-state index contributed by atoms with van der Waals surface area (Å²) in [4.78, 5) is 1.02. The number of nitrogens with one attached hydrogen (secondary N) is 2. The Kier molecular flexibility index (Phi) is 21.4. The van der Waals surface area contributed by atoms with Gasteiger partial charge in [0.2, 0.25) is 0 Å². The van der Waals surface area contributed by atoms with Crippen LogP contribution in [0, 0.1) is 6.92 Å². The summed E-state index contributed by atoms with van der Waals surface area (Å²) in [6, 6.07) is 8.06. The van der Waals surface area contributed by atoms with Gasteiger partial charge in [-0.1, -0.05) is 70.9 Å². The molecule has 0 aromatic heterocycles. The van der Waals surface area contributed by atoms with E-state index in [0.717, 1.165) is 31.2 Å². The lowest BCUT2D eigenvalue weighted by Gasteiger charge is -2.30. The summed E-state index contributed by atoms with van der Waals surface area (Å²) in [5, 5.41) is 12.1. The fourth-order valence-corrected chi connectivity index (χ4v) is 3.74. The van der Waals surface area contributed by atoms with E-state index in [9.17, 15) is 0 Å². The van der Waals surface area contributed by atoms with E-state index in [1.54, 1.807) is 0 Å². The molecular weight excluding hydrogens is 436 g/mol. The number of rotatable bonds is 9. The fraction of sp³-hybridized carbons (Fsp3) is 0.655. The molecule has 3 rings (SSSR count). The zero-order valence-corrected chi connectivity index (χ0v) is 24.2. The number of hydrazine groups is 1. The summed E-state index contributed by atoms with van der Waals surface area (Å²) < 4.78 is 0. The van der Waals surface area contributed by atoms with Gasteiger partial charge in [0.05, 0.1) is 6.67 Å². The molecule has 196 valence electrons. The quantitative estimate of drug-likeness (QED) is 0.194. The summed E-state index contributed by atoms with van der Waals surface area (Å²) in [5.74, 6) is 0. The van der Waals surface area contributed by atoms with Crippen molar-refractivity contribution in [3.05, 3.63) is 53.3 Å². The van der Waals surface area contributed by atoms with Gasteiger partial charge in [0.1, 0.15) is 0 Å². The number of hydrogen-bond donors (Lipinski definition) is 3. The Morgan fingerprint density at radius 2 is 1.50 bits per heavy atom. The average Bonchev–Trinajstić information content (AvgIpc) is 3.39. The van der Waals surface area contributed by atoms with Crippen LogP contribution in [0.5, 0.6) is 0 Å². The van der Waals surface area contributed by atoms with Gasteiger partial charge in [0, 0.05) is 36.8 Å². The molecule has 1 aromatic rings. The predicted molar refractivity (Wildman–Crippen MR) is 155 cm³/mol. The number of allylic oxidation sites excluding steroid dienone is 3. The monoisotopic (exact) mass is 490 g/mol. The van der Waals surface area contributed by atoms with E-state index in [2.05, 4.69) is 80.1 Å². The van der Waals surface area contributed by atoms with Gasteiger partial charge < -0.3 is 10.6 Å². The van der Waals surface area contributed by atoms with Crippen LogP contribution in [0.25, 0.3) is 0 Å². The average molecular weight is 491 g/mol. The maximum Gasteiger partial charge on any atom is 0.0623 e. The summed E-state index contributed by atoms with van der Waals surface area (Å²) in [6.45, 7) is 21.4. The zero-order chi connectivity index (χ0) is 25.6. The molecule has 0 bridgehead atoms. The first-order chi connectivity index (χ1) is 16.5. The van der Waals surface area contributed by atoms with Gasteiger partial charge >= 0.3 is 0 Å². The largest absolute Gasteiger partial charge is 0.385 e. The van der Waals surface area contributed by atoms with Gasteiger partial charge in [-0.25, -0.2) is 10.0 Å². The molecule has 1 aromatic carbocycles. The highest BCUT2D eigenvalue weighted by Crippen LogP contribution is 2.15. The number of hydrogen-bond acceptors (Lipinski definition) is 5. The van der Waals surface area contributed by atoms with Crippen LogP contribution in [0.4, 0.5) is 0 Å². The lowest BCUT2D eigenvalue weighted by atomic mass is 10.1. The molecule has 1 fully saturated rings. The molecule has 5 heteroatoms. The van der Waals surface area contributed by atoms with Gasteiger partial charge in [-0.2, -0.15) is 0 Å². The Balaban J connectivity index is 0.000000692. The Morgan fingerprint density at radius 3 is 2.03 bits per heavy atom. The van der Waals surface area contributed by atoms with Crippen LogP contribution in [-0.2, 0) is 0 Å². The Morgan fingerprint density at radius 1 is 0.912 bits per heavy atom. The van der Waals surface area contributed by atoms with Crippen molar-refractivity contribution < 1.29 is 0 Å². The van der Waals surface area contributed by atoms with Crippen molar-refractivity contribution in [2.45, 2.75) is 91.9 Å². The first kappa shape index (κ1) is 32.7. The van der Waals surface area contributed by atoms with Crippen molar-refractivity contribution >= 4 is 12.6 Å². The number of benzene rings is 1. The van der Waals surface area contributed by atoms with Gasteiger partial charge in [0.15, 0.2) is 0 Å². The topological polar surface area (TPSA) is 30.5 Å². The highest BCUT2D eigenvalue weighted by molar-refractivity contribution is 7.80. The molecule has 2 N–H and O–H groups in total. The molecule has 1 heterocycles. The Labute approximate surface area is 217 Å². The van der Waals surface area contributed by atoms with Crippen molar-refractivity contribution in [3.8, 4) is 0 Å². The molecule has 0 unspecified atom stereocenters. The van der Waals surface area contributed by atoms with Crippen molar-refractivity contribution in [3.63, 3.8) is 0 Å². The van der Waals surface area contributed by atoms with Gasteiger partial charge in [0.25, 0.3) is 0 Å². The molecule has 4 nitrogen and oxygen atoms in total. The van der Waals surface area contributed by atoms with Gasteiger partial charge in [-0.05, 0) is 70.2 Å². The third-order valence-corrected chi connectivity index (χ3v) is 5.71. The standard InChI is InChI=1S/C17H32N4.C7H8S.C3H8.C2H6/c1-3-20(21-13-6-7-14-21)15-18-11-8-12-19-17-10-5-4-9-16(17)2;1-6-2-4-7(8)5-3-6;1-3-2;1-2/h9-10,18-19H,3-8,11-15H2,1-2H3;2-5,8H,1H3;3H2,1-2H3;1-2H3. The normalized spacial score (nSPS) is 15.1. The highest BCUT2D eigenvalue weighted by atomic mass is 32.1. The minimum absolute atomic E-state index is 0.984. The molecule has 0 atom stereocenters. The predicted octanol–water partition coefficient (Wildman–Crippen LogP) is 7.20.